The normalized spacial score (nSPS) is 13.7. The van der Waals surface area contributed by atoms with Gasteiger partial charge in [-0.25, -0.2) is 0 Å². The molecule has 0 saturated heterocycles. The van der Waals surface area contributed by atoms with Gasteiger partial charge in [0.15, 0.2) is 0 Å². The average Bonchev–Trinajstić information content (AvgIpc) is 2.49. The SMILES string of the molecule is O=C(Nc1cnccc1Cl)c1ccc2c(c1)CNCC2. The third-order valence-electron chi connectivity index (χ3n) is 3.37. The van der Waals surface area contributed by atoms with E-state index in [1.165, 1.54) is 11.1 Å². The zero-order valence-electron chi connectivity index (χ0n) is 10.8. The molecule has 2 N–H and O–H groups in total. The lowest BCUT2D eigenvalue weighted by atomic mass is 9.98. The molecule has 102 valence electrons. The molecule has 1 aliphatic heterocycles. The predicted octanol–water partition coefficient (Wildman–Crippen LogP) is 2.63. The smallest absolute Gasteiger partial charge is 0.255 e. The Bertz CT molecular complexity index is 657. The van der Waals surface area contributed by atoms with E-state index in [-0.39, 0.29) is 5.91 Å². The van der Waals surface area contributed by atoms with Crippen LogP contribution in [0.25, 0.3) is 0 Å². The molecule has 1 aromatic carbocycles. The van der Waals surface area contributed by atoms with E-state index in [0.29, 0.717) is 16.3 Å². The Morgan fingerprint density at radius 1 is 1.30 bits per heavy atom. The average molecular weight is 288 g/mol. The van der Waals surface area contributed by atoms with Crippen molar-refractivity contribution < 1.29 is 4.79 Å². The molecule has 2 aromatic rings. The van der Waals surface area contributed by atoms with Gasteiger partial charge in [0.05, 0.1) is 16.9 Å². The fraction of sp³-hybridized carbons (Fsp3) is 0.200. The van der Waals surface area contributed by atoms with Crippen molar-refractivity contribution >= 4 is 23.2 Å². The minimum absolute atomic E-state index is 0.173. The van der Waals surface area contributed by atoms with Crippen LogP contribution in [0.3, 0.4) is 0 Å². The van der Waals surface area contributed by atoms with Crippen LogP contribution in [0, 0.1) is 0 Å². The summed E-state index contributed by atoms with van der Waals surface area (Å²) in [6, 6.07) is 7.45. The maximum Gasteiger partial charge on any atom is 0.255 e. The van der Waals surface area contributed by atoms with Gasteiger partial charge in [-0.1, -0.05) is 17.7 Å². The number of pyridine rings is 1. The lowest BCUT2D eigenvalue weighted by molar-refractivity contribution is 0.102. The van der Waals surface area contributed by atoms with Crippen LogP contribution in [-0.2, 0) is 13.0 Å². The van der Waals surface area contributed by atoms with Gasteiger partial charge in [0.25, 0.3) is 5.91 Å². The highest BCUT2D eigenvalue weighted by atomic mass is 35.5. The highest BCUT2D eigenvalue weighted by Crippen LogP contribution is 2.21. The predicted molar refractivity (Wildman–Crippen MR) is 79.1 cm³/mol. The molecule has 1 aromatic heterocycles. The lowest BCUT2D eigenvalue weighted by Gasteiger charge is -2.17. The fourth-order valence-electron chi connectivity index (χ4n) is 2.29. The van der Waals surface area contributed by atoms with Crippen LogP contribution in [0.4, 0.5) is 5.69 Å². The number of hydrogen-bond acceptors (Lipinski definition) is 3. The summed E-state index contributed by atoms with van der Waals surface area (Å²) >= 11 is 6.01. The lowest BCUT2D eigenvalue weighted by Crippen LogP contribution is -2.24. The Kier molecular flexibility index (Phi) is 3.67. The van der Waals surface area contributed by atoms with Crippen LogP contribution in [0.5, 0.6) is 0 Å². The summed E-state index contributed by atoms with van der Waals surface area (Å²) in [7, 11) is 0. The molecular weight excluding hydrogens is 274 g/mol. The van der Waals surface area contributed by atoms with E-state index >= 15 is 0 Å². The number of hydrogen-bond donors (Lipinski definition) is 2. The van der Waals surface area contributed by atoms with Crippen LogP contribution < -0.4 is 10.6 Å². The molecule has 0 atom stereocenters. The van der Waals surface area contributed by atoms with Gasteiger partial charge in [0.2, 0.25) is 0 Å². The monoisotopic (exact) mass is 287 g/mol. The van der Waals surface area contributed by atoms with E-state index in [1.54, 1.807) is 18.5 Å². The summed E-state index contributed by atoms with van der Waals surface area (Å²) in [5, 5.41) is 6.56. The van der Waals surface area contributed by atoms with Gasteiger partial charge in [-0.2, -0.15) is 0 Å². The van der Waals surface area contributed by atoms with Crippen molar-refractivity contribution in [2.45, 2.75) is 13.0 Å². The fourth-order valence-corrected chi connectivity index (χ4v) is 2.44. The second-order valence-electron chi connectivity index (χ2n) is 4.72. The third kappa shape index (κ3) is 2.66. The number of rotatable bonds is 2. The standard InChI is InChI=1S/C15H14ClN3O/c16-13-4-6-18-9-14(13)19-15(20)11-2-1-10-3-5-17-8-12(10)7-11/h1-2,4,6-7,9,17H,3,5,8H2,(H,19,20). The Morgan fingerprint density at radius 2 is 2.20 bits per heavy atom. The van der Waals surface area contributed by atoms with Crippen molar-refractivity contribution in [3.05, 3.63) is 58.4 Å². The first kappa shape index (κ1) is 13.1. The quantitative estimate of drug-likeness (QED) is 0.893. The number of carbonyl (C=O) groups excluding carboxylic acids is 1. The van der Waals surface area contributed by atoms with Gasteiger partial charge in [0, 0.05) is 18.3 Å². The van der Waals surface area contributed by atoms with E-state index in [2.05, 4.69) is 15.6 Å². The van der Waals surface area contributed by atoms with Gasteiger partial charge in [-0.3, -0.25) is 9.78 Å². The molecule has 0 unspecified atom stereocenters. The second-order valence-corrected chi connectivity index (χ2v) is 5.13. The van der Waals surface area contributed by atoms with Crippen molar-refractivity contribution in [3.8, 4) is 0 Å². The number of aromatic nitrogens is 1. The Morgan fingerprint density at radius 3 is 3.05 bits per heavy atom. The summed E-state index contributed by atoms with van der Waals surface area (Å²) in [6.45, 7) is 1.80. The van der Waals surface area contributed by atoms with E-state index in [4.69, 9.17) is 11.6 Å². The molecule has 1 aliphatic rings. The summed E-state index contributed by atoms with van der Waals surface area (Å²) in [6.07, 6.45) is 4.13. The first-order valence-corrected chi connectivity index (χ1v) is 6.85. The van der Waals surface area contributed by atoms with Crippen molar-refractivity contribution in [2.24, 2.45) is 0 Å². The van der Waals surface area contributed by atoms with Crippen LogP contribution in [0.15, 0.2) is 36.7 Å². The number of halogens is 1. The molecule has 1 amide bonds. The zero-order chi connectivity index (χ0) is 13.9. The highest BCUT2D eigenvalue weighted by molar-refractivity contribution is 6.33. The van der Waals surface area contributed by atoms with Crippen molar-refractivity contribution in [1.82, 2.24) is 10.3 Å². The zero-order valence-corrected chi connectivity index (χ0v) is 11.6. The van der Waals surface area contributed by atoms with Crippen LogP contribution >= 0.6 is 11.6 Å². The third-order valence-corrected chi connectivity index (χ3v) is 3.70. The van der Waals surface area contributed by atoms with Gasteiger partial charge < -0.3 is 10.6 Å². The molecule has 0 aliphatic carbocycles. The van der Waals surface area contributed by atoms with Crippen LogP contribution in [0.1, 0.15) is 21.5 Å². The molecule has 4 nitrogen and oxygen atoms in total. The number of amides is 1. The van der Waals surface area contributed by atoms with Crippen LogP contribution in [0.2, 0.25) is 5.02 Å². The Balaban J connectivity index is 1.82. The Hall–Kier alpha value is -1.91. The number of carbonyl (C=O) groups is 1. The molecule has 0 saturated carbocycles. The maximum atomic E-state index is 12.2. The minimum atomic E-state index is -0.173. The highest BCUT2D eigenvalue weighted by Gasteiger charge is 2.13. The van der Waals surface area contributed by atoms with E-state index in [1.807, 2.05) is 18.2 Å². The number of fused-ring (bicyclic) bond motifs is 1. The molecule has 0 fully saturated rings. The molecule has 3 rings (SSSR count). The van der Waals surface area contributed by atoms with Gasteiger partial charge in [0.1, 0.15) is 0 Å². The summed E-state index contributed by atoms with van der Waals surface area (Å²) in [4.78, 5) is 16.2. The summed E-state index contributed by atoms with van der Waals surface area (Å²) < 4.78 is 0. The number of benzene rings is 1. The molecular formula is C15H14ClN3O. The molecule has 2 heterocycles. The number of nitrogens with one attached hydrogen (secondary N) is 2. The Labute approximate surface area is 122 Å². The molecule has 0 bridgehead atoms. The van der Waals surface area contributed by atoms with Crippen LogP contribution in [-0.4, -0.2) is 17.4 Å². The van der Waals surface area contributed by atoms with Crippen molar-refractivity contribution in [3.63, 3.8) is 0 Å². The minimum Gasteiger partial charge on any atom is -0.319 e. The maximum absolute atomic E-state index is 12.2. The van der Waals surface area contributed by atoms with Gasteiger partial charge >= 0.3 is 0 Å². The number of anilines is 1. The molecule has 20 heavy (non-hydrogen) atoms. The molecule has 5 heteroatoms. The molecule has 0 radical (unpaired) electrons. The largest absolute Gasteiger partial charge is 0.319 e. The first-order chi connectivity index (χ1) is 9.74. The molecule has 0 spiro atoms. The second kappa shape index (κ2) is 5.61. The van der Waals surface area contributed by atoms with Gasteiger partial charge in [-0.05, 0) is 42.3 Å². The van der Waals surface area contributed by atoms with Gasteiger partial charge in [-0.15, -0.1) is 0 Å². The van der Waals surface area contributed by atoms with Crippen molar-refractivity contribution in [1.29, 1.82) is 0 Å². The van der Waals surface area contributed by atoms with Crippen molar-refractivity contribution in [2.75, 3.05) is 11.9 Å². The summed E-state index contributed by atoms with van der Waals surface area (Å²) in [5.41, 5.74) is 3.64. The summed E-state index contributed by atoms with van der Waals surface area (Å²) in [5.74, 6) is -0.173. The van der Waals surface area contributed by atoms with E-state index in [9.17, 15) is 4.79 Å². The topological polar surface area (TPSA) is 54.0 Å². The number of nitrogens with zero attached hydrogens (tertiary/aromatic N) is 1. The van der Waals surface area contributed by atoms with E-state index in [0.717, 1.165) is 19.5 Å². The van der Waals surface area contributed by atoms with E-state index < -0.39 is 0 Å². The first-order valence-electron chi connectivity index (χ1n) is 6.47.